The predicted molar refractivity (Wildman–Crippen MR) is 117 cm³/mol. The number of rotatable bonds is 9. The quantitative estimate of drug-likeness (QED) is 0.673. The van der Waals surface area contributed by atoms with Gasteiger partial charge < -0.3 is 10.1 Å². The van der Waals surface area contributed by atoms with Crippen molar-refractivity contribution in [2.75, 3.05) is 24.2 Å². The zero-order valence-electron chi connectivity index (χ0n) is 17.7. The number of ether oxygens (including phenoxy) is 1. The fourth-order valence-corrected chi connectivity index (χ4v) is 4.30. The molecule has 29 heavy (non-hydrogen) atoms. The van der Waals surface area contributed by atoms with Crippen LogP contribution in [0.15, 0.2) is 42.5 Å². The van der Waals surface area contributed by atoms with Crippen LogP contribution in [-0.4, -0.2) is 34.2 Å². The summed E-state index contributed by atoms with van der Waals surface area (Å²) in [5.41, 5.74) is 3.93. The first-order chi connectivity index (χ1) is 13.6. The maximum atomic E-state index is 12.4. The number of hydrogen-bond donors (Lipinski definition) is 1. The molecule has 2 aromatic rings. The second-order valence-electron chi connectivity index (χ2n) is 7.29. The lowest BCUT2D eigenvalue weighted by molar-refractivity contribution is -0.121. The molecule has 0 saturated carbocycles. The summed E-state index contributed by atoms with van der Waals surface area (Å²) in [7, 11) is -1.94. The van der Waals surface area contributed by atoms with E-state index in [0.29, 0.717) is 17.9 Å². The lowest BCUT2D eigenvalue weighted by atomic mass is 10.00. The molecule has 0 radical (unpaired) electrons. The molecule has 7 heteroatoms. The minimum Gasteiger partial charge on any atom is -0.497 e. The zero-order valence-corrected chi connectivity index (χ0v) is 18.5. The van der Waals surface area contributed by atoms with Crippen LogP contribution in [0.25, 0.3) is 0 Å². The highest BCUT2D eigenvalue weighted by Crippen LogP contribution is 2.24. The summed E-state index contributed by atoms with van der Waals surface area (Å²) in [5, 5.41) is 3.00. The van der Waals surface area contributed by atoms with Crippen LogP contribution < -0.4 is 14.4 Å². The number of carbonyl (C=O) groups excluding carboxylic acids is 1. The number of benzene rings is 2. The Morgan fingerprint density at radius 1 is 1.17 bits per heavy atom. The van der Waals surface area contributed by atoms with Gasteiger partial charge in [0.25, 0.3) is 0 Å². The third-order valence-corrected chi connectivity index (χ3v) is 5.97. The van der Waals surface area contributed by atoms with E-state index in [1.165, 1.54) is 17.0 Å². The fourth-order valence-electron chi connectivity index (χ4n) is 3.34. The smallest absolute Gasteiger partial charge is 0.232 e. The van der Waals surface area contributed by atoms with Gasteiger partial charge in [-0.2, -0.15) is 0 Å². The number of hydrogen-bond acceptors (Lipinski definition) is 4. The van der Waals surface area contributed by atoms with Crippen molar-refractivity contribution < 1.29 is 17.9 Å². The van der Waals surface area contributed by atoms with Gasteiger partial charge in [0.15, 0.2) is 0 Å². The summed E-state index contributed by atoms with van der Waals surface area (Å²) >= 11 is 0. The molecule has 1 N–H and O–H groups in total. The number of nitrogens with one attached hydrogen (secondary N) is 1. The van der Waals surface area contributed by atoms with E-state index in [4.69, 9.17) is 4.74 Å². The first-order valence-electron chi connectivity index (χ1n) is 9.60. The van der Waals surface area contributed by atoms with Gasteiger partial charge in [0.2, 0.25) is 15.9 Å². The highest BCUT2D eigenvalue weighted by Gasteiger charge is 2.19. The number of aryl methyl sites for hydroxylation is 2. The molecule has 1 amide bonds. The Balaban J connectivity index is 1.97. The van der Waals surface area contributed by atoms with E-state index in [9.17, 15) is 13.2 Å². The van der Waals surface area contributed by atoms with Crippen LogP contribution in [0.5, 0.6) is 5.75 Å². The molecule has 0 heterocycles. The van der Waals surface area contributed by atoms with Gasteiger partial charge in [-0.25, -0.2) is 8.42 Å². The van der Waals surface area contributed by atoms with Crippen LogP contribution in [0.1, 0.15) is 42.5 Å². The van der Waals surface area contributed by atoms with Crippen molar-refractivity contribution in [1.82, 2.24) is 5.32 Å². The number of nitrogens with zero attached hydrogens (tertiary/aromatic N) is 1. The van der Waals surface area contributed by atoms with Crippen molar-refractivity contribution in [3.8, 4) is 5.75 Å². The highest BCUT2D eigenvalue weighted by molar-refractivity contribution is 7.92. The molecular formula is C22H30N2O4S. The third-order valence-electron chi connectivity index (χ3n) is 4.78. The Morgan fingerprint density at radius 3 is 2.52 bits per heavy atom. The van der Waals surface area contributed by atoms with Crippen molar-refractivity contribution >= 4 is 21.6 Å². The molecule has 0 saturated heterocycles. The normalized spacial score (nSPS) is 12.3. The monoisotopic (exact) mass is 418 g/mol. The van der Waals surface area contributed by atoms with Crippen molar-refractivity contribution in [2.24, 2.45) is 0 Å². The molecule has 0 bridgehead atoms. The largest absolute Gasteiger partial charge is 0.497 e. The van der Waals surface area contributed by atoms with Crippen LogP contribution in [0.4, 0.5) is 5.69 Å². The van der Waals surface area contributed by atoms with Gasteiger partial charge in [0.05, 0.1) is 25.1 Å². The molecule has 0 aromatic heterocycles. The molecule has 158 valence electrons. The highest BCUT2D eigenvalue weighted by atomic mass is 32.2. The summed E-state index contributed by atoms with van der Waals surface area (Å²) in [6.45, 7) is 6.24. The Kier molecular flexibility index (Phi) is 7.67. The molecule has 1 unspecified atom stereocenters. The van der Waals surface area contributed by atoms with Gasteiger partial charge in [-0.15, -0.1) is 0 Å². The van der Waals surface area contributed by atoms with Gasteiger partial charge in [-0.1, -0.05) is 29.8 Å². The first-order valence-corrected chi connectivity index (χ1v) is 11.4. The maximum absolute atomic E-state index is 12.4. The van der Waals surface area contributed by atoms with E-state index < -0.39 is 10.0 Å². The van der Waals surface area contributed by atoms with E-state index in [0.717, 1.165) is 17.4 Å². The first kappa shape index (κ1) is 22.7. The molecule has 0 aliphatic carbocycles. The predicted octanol–water partition coefficient (Wildman–Crippen LogP) is 3.74. The minimum absolute atomic E-state index is 0.100. The maximum Gasteiger partial charge on any atom is 0.232 e. The molecule has 1 atom stereocenters. The molecule has 0 fully saturated rings. The molecule has 0 spiro atoms. The van der Waals surface area contributed by atoms with E-state index in [1.807, 2.05) is 32.9 Å². The number of anilines is 1. The summed E-state index contributed by atoms with van der Waals surface area (Å²) in [6, 6.07) is 12.9. The molecule has 0 aliphatic heterocycles. The fraction of sp³-hybridized carbons (Fsp3) is 0.409. The summed E-state index contributed by atoms with van der Waals surface area (Å²) in [5.74, 6) is 0.479. The van der Waals surface area contributed by atoms with Crippen LogP contribution in [-0.2, 0) is 14.8 Å². The minimum atomic E-state index is -3.47. The molecule has 2 aromatic carbocycles. The average molecular weight is 419 g/mol. The Labute approximate surface area is 173 Å². The van der Waals surface area contributed by atoms with Crippen LogP contribution >= 0.6 is 0 Å². The van der Waals surface area contributed by atoms with Crippen molar-refractivity contribution in [3.63, 3.8) is 0 Å². The summed E-state index contributed by atoms with van der Waals surface area (Å²) in [6.07, 6.45) is 1.82. The van der Waals surface area contributed by atoms with E-state index >= 15 is 0 Å². The number of amides is 1. The van der Waals surface area contributed by atoms with E-state index in [1.54, 1.807) is 24.3 Å². The zero-order chi connectivity index (χ0) is 21.6. The molecular weight excluding hydrogens is 388 g/mol. The van der Waals surface area contributed by atoms with Gasteiger partial charge >= 0.3 is 0 Å². The molecule has 6 nitrogen and oxygen atoms in total. The van der Waals surface area contributed by atoms with Crippen molar-refractivity contribution in [3.05, 3.63) is 59.2 Å². The number of methoxy groups -OCH3 is 1. The van der Waals surface area contributed by atoms with Crippen LogP contribution in [0.3, 0.4) is 0 Å². The van der Waals surface area contributed by atoms with Gasteiger partial charge in [-0.3, -0.25) is 9.10 Å². The molecule has 2 rings (SSSR count). The van der Waals surface area contributed by atoms with Crippen molar-refractivity contribution in [2.45, 2.75) is 39.7 Å². The van der Waals surface area contributed by atoms with E-state index in [-0.39, 0.29) is 24.9 Å². The second-order valence-corrected chi connectivity index (χ2v) is 9.20. The second kappa shape index (κ2) is 9.78. The van der Waals surface area contributed by atoms with Gasteiger partial charge in [-0.05, 0) is 50.5 Å². The topological polar surface area (TPSA) is 75.7 Å². The number of sulfonamides is 1. The summed E-state index contributed by atoms with van der Waals surface area (Å²) < 4.78 is 30.9. The van der Waals surface area contributed by atoms with Crippen molar-refractivity contribution in [1.29, 1.82) is 0 Å². The SMILES string of the molecule is COc1cccc(N(CCCC(=O)NC(C)c2ccc(C)cc2C)S(C)(=O)=O)c1. The van der Waals surface area contributed by atoms with Gasteiger partial charge in [0.1, 0.15) is 5.75 Å². The van der Waals surface area contributed by atoms with E-state index in [2.05, 4.69) is 11.4 Å². The summed E-state index contributed by atoms with van der Waals surface area (Å²) in [4.78, 5) is 12.4. The Bertz CT molecular complexity index is 957. The van der Waals surface area contributed by atoms with Gasteiger partial charge in [0, 0.05) is 19.0 Å². The Hall–Kier alpha value is -2.54. The third kappa shape index (κ3) is 6.49. The average Bonchev–Trinajstić information content (AvgIpc) is 2.64. The van der Waals surface area contributed by atoms with Crippen LogP contribution in [0, 0.1) is 13.8 Å². The lowest BCUT2D eigenvalue weighted by Crippen LogP contribution is -2.32. The number of carbonyl (C=O) groups is 1. The standard InChI is InChI=1S/C22H30N2O4S/c1-16-11-12-21(17(2)14-16)18(3)23-22(25)10-7-13-24(29(5,26)27)19-8-6-9-20(15-19)28-4/h6,8-9,11-12,14-15,18H,7,10,13H2,1-5H3,(H,23,25). The lowest BCUT2D eigenvalue weighted by Gasteiger charge is -2.23. The molecule has 0 aliphatic rings. The van der Waals surface area contributed by atoms with Crippen LogP contribution in [0.2, 0.25) is 0 Å². The Morgan fingerprint density at radius 2 is 1.90 bits per heavy atom.